The second-order valence-corrected chi connectivity index (χ2v) is 9.28. The van der Waals surface area contributed by atoms with E-state index in [4.69, 9.17) is 14.2 Å². The Morgan fingerprint density at radius 2 is 1.66 bits per heavy atom. The maximum absolute atomic E-state index is 10.6. The Labute approximate surface area is 219 Å². The number of aromatic nitrogens is 3. The first-order chi connectivity index (χ1) is 18.5. The molecule has 0 saturated carbocycles. The molecule has 5 rings (SSSR count). The lowest BCUT2D eigenvalue weighted by Crippen LogP contribution is -2.60. The smallest absolute Gasteiger partial charge is 0.245 e. The van der Waals surface area contributed by atoms with Crippen molar-refractivity contribution in [2.24, 2.45) is 0 Å². The van der Waals surface area contributed by atoms with Gasteiger partial charge in [-0.2, -0.15) is 0 Å². The van der Waals surface area contributed by atoms with Crippen molar-refractivity contribution in [3.05, 3.63) is 83.6 Å². The molecule has 38 heavy (non-hydrogen) atoms. The van der Waals surface area contributed by atoms with E-state index >= 15 is 0 Å². The van der Waals surface area contributed by atoms with Gasteiger partial charge < -0.3 is 34.6 Å². The highest BCUT2D eigenvalue weighted by atomic mass is 16.7. The molecule has 2 aromatic heterocycles. The Morgan fingerprint density at radius 3 is 2.37 bits per heavy atom. The van der Waals surface area contributed by atoms with Gasteiger partial charge in [0.05, 0.1) is 25.6 Å². The van der Waals surface area contributed by atoms with Crippen LogP contribution in [-0.4, -0.2) is 79.6 Å². The summed E-state index contributed by atoms with van der Waals surface area (Å²) < 4.78 is 18.6. The van der Waals surface area contributed by atoms with Gasteiger partial charge >= 0.3 is 0 Å². The minimum absolute atomic E-state index is 0.179. The van der Waals surface area contributed by atoms with Gasteiger partial charge in [0.15, 0.2) is 5.65 Å². The average Bonchev–Trinajstić information content (AvgIpc) is 3.30. The molecule has 1 saturated heterocycles. The zero-order chi connectivity index (χ0) is 26.6. The number of aryl methyl sites for hydroxylation is 2. The van der Waals surface area contributed by atoms with Gasteiger partial charge in [-0.3, -0.25) is 0 Å². The van der Waals surface area contributed by atoms with Crippen LogP contribution in [0.3, 0.4) is 0 Å². The number of rotatable bonds is 9. The predicted molar refractivity (Wildman–Crippen MR) is 138 cm³/mol. The SMILES string of the molecule is COc1ccc(CCc2ccnc3c2c(O[C@@H]2O[C@H](CO)[C@@H](O)[C@H](O)[C@H]2O)nn3Cc2ccccc2)cc1. The number of pyridine rings is 1. The van der Waals surface area contributed by atoms with Gasteiger partial charge in [-0.25, -0.2) is 9.67 Å². The van der Waals surface area contributed by atoms with Gasteiger partial charge in [-0.15, -0.1) is 5.10 Å². The molecule has 2 aromatic carbocycles. The lowest BCUT2D eigenvalue weighted by Gasteiger charge is -2.39. The van der Waals surface area contributed by atoms with Crippen molar-refractivity contribution in [1.29, 1.82) is 0 Å². The number of nitrogens with zero attached hydrogens (tertiary/aromatic N) is 3. The van der Waals surface area contributed by atoms with Gasteiger partial charge in [0, 0.05) is 6.20 Å². The summed E-state index contributed by atoms with van der Waals surface area (Å²) in [6.45, 7) is -0.118. The second kappa shape index (κ2) is 11.5. The van der Waals surface area contributed by atoms with Crippen LogP contribution in [0.1, 0.15) is 16.7 Å². The lowest BCUT2D eigenvalue weighted by atomic mass is 9.99. The zero-order valence-electron chi connectivity index (χ0n) is 20.9. The maximum Gasteiger partial charge on any atom is 0.245 e. The molecule has 1 fully saturated rings. The molecule has 10 nitrogen and oxygen atoms in total. The third-order valence-electron chi connectivity index (χ3n) is 6.78. The van der Waals surface area contributed by atoms with E-state index in [1.807, 2.05) is 60.7 Å². The number of fused-ring (bicyclic) bond motifs is 1. The van der Waals surface area contributed by atoms with Crippen molar-refractivity contribution in [3.63, 3.8) is 0 Å². The molecule has 0 spiro atoms. The van der Waals surface area contributed by atoms with Crippen LogP contribution >= 0.6 is 0 Å². The monoisotopic (exact) mass is 521 g/mol. The molecule has 0 aliphatic carbocycles. The summed E-state index contributed by atoms with van der Waals surface area (Å²) in [6.07, 6.45) is -3.92. The van der Waals surface area contributed by atoms with Crippen LogP contribution in [0, 0.1) is 0 Å². The van der Waals surface area contributed by atoms with Crippen LogP contribution < -0.4 is 9.47 Å². The van der Waals surface area contributed by atoms with E-state index in [9.17, 15) is 20.4 Å². The number of aliphatic hydroxyl groups is 4. The van der Waals surface area contributed by atoms with Gasteiger partial charge in [0.1, 0.15) is 30.2 Å². The standard InChI is InChI=1S/C28H31N3O7/c1-36-20-11-8-17(9-12-20)7-10-19-13-14-29-26-22(19)27(30-31(26)15-18-5-3-2-4-6-18)38-28-25(35)24(34)23(33)21(16-32)37-28/h2-6,8-9,11-14,21,23-25,28,32-35H,7,10,15-16H2,1H3/t21-,23-,24+,25-,28+/m1/s1. The van der Waals surface area contributed by atoms with Gasteiger partial charge in [-0.1, -0.05) is 42.5 Å². The van der Waals surface area contributed by atoms with Crippen molar-refractivity contribution in [2.45, 2.75) is 50.1 Å². The minimum Gasteiger partial charge on any atom is -0.497 e. The van der Waals surface area contributed by atoms with Crippen LogP contribution in [0.2, 0.25) is 0 Å². The van der Waals surface area contributed by atoms with E-state index in [0.717, 1.165) is 28.9 Å². The van der Waals surface area contributed by atoms with Crippen LogP contribution in [0.5, 0.6) is 11.6 Å². The van der Waals surface area contributed by atoms with Crippen molar-refractivity contribution in [2.75, 3.05) is 13.7 Å². The van der Waals surface area contributed by atoms with Crippen molar-refractivity contribution >= 4 is 11.0 Å². The fourth-order valence-corrected chi connectivity index (χ4v) is 4.63. The van der Waals surface area contributed by atoms with E-state index in [2.05, 4.69) is 10.1 Å². The fourth-order valence-electron chi connectivity index (χ4n) is 4.63. The third-order valence-corrected chi connectivity index (χ3v) is 6.78. The number of hydrogen-bond donors (Lipinski definition) is 4. The fraction of sp³-hybridized carbons (Fsp3) is 0.357. The number of ether oxygens (including phenoxy) is 3. The Morgan fingerprint density at radius 1 is 0.895 bits per heavy atom. The Kier molecular flexibility index (Phi) is 7.87. The molecule has 5 atom stereocenters. The van der Waals surface area contributed by atoms with E-state index in [1.165, 1.54) is 0 Å². The number of aliphatic hydroxyl groups excluding tert-OH is 4. The first kappa shape index (κ1) is 26.1. The molecular weight excluding hydrogens is 490 g/mol. The molecule has 0 radical (unpaired) electrons. The van der Waals surface area contributed by atoms with Gasteiger partial charge in [0.2, 0.25) is 12.2 Å². The topological polar surface area (TPSA) is 139 Å². The van der Waals surface area contributed by atoms with Gasteiger partial charge in [0.25, 0.3) is 0 Å². The van der Waals surface area contributed by atoms with Crippen LogP contribution in [0.25, 0.3) is 11.0 Å². The number of benzene rings is 2. The van der Waals surface area contributed by atoms with Crippen LogP contribution in [0.15, 0.2) is 66.9 Å². The van der Waals surface area contributed by atoms with E-state index in [0.29, 0.717) is 24.0 Å². The Hall–Kier alpha value is -3.54. The van der Waals surface area contributed by atoms with Crippen molar-refractivity contribution < 1.29 is 34.6 Å². The van der Waals surface area contributed by atoms with E-state index in [1.54, 1.807) is 18.0 Å². The molecular formula is C28H31N3O7. The van der Waals surface area contributed by atoms with Gasteiger partial charge in [-0.05, 0) is 47.7 Å². The molecule has 0 unspecified atom stereocenters. The van der Waals surface area contributed by atoms with E-state index in [-0.39, 0.29) is 5.88 Å². The second-order valence-electron chi connectivity index (χ2n) is 9.28. The molecule has 0 amide bonds. The van der Waals surface area contributed by atoms with Crippen molar-refractivity contribution in [1.82, 2.24) is 14.8 Å². The molecule has 1 aliphatic rings. The molecule has 4 N–H and O–H groups in total. The molecule has 1 aliphatic heterocycles. The van der Waals surface area contributed by atoms with Crippen LogP contribution in [-0.2, 0) is 24.1 Å². The quantitative estimate of drug-likeness (QED) is 0.258. The molecule has 10 heteroatoms. The van der Waals surface area contributed by atoms with Crippen LogP contribution in [0.4, 0.5) is 0 Å². The molecule has 200 valence electrons. The number of methoxy groups -OCH3 is 1. The number of hydrogen-bond acceptors (Lipinski definition) is 9. The highest BCUT2D eigenvalue weighted by Gasteiger charge is 2.45. The largest absolute Gasteiger partial charge is 0.497 e. The first-order valence-electron chi connectivity index (χ1n) is 12.5. The highest BCUT2D eigenvalue weighted by molar-refractivity contribution is 5.85. The lowest BCUT2D eigenvalue weighted by molar-refractivity contribution is -0.278. The summed E-state index contributed by atoms with van der Waals surface area (Å²) in [5.74, 6) is 0.968. The molecule has 3 heterocycles. The highest BCUT2D eigenvalue weighted by Crippen LogP contribution is 2.32. The van der Waals surface area contributed by atoms with Crippen molar-refractivity contribution in [3.8, 4) is 11.6 Å². The summed E-state index contributed by atoms with van der Waals surface area (Å²) in [5, 5.41) is 45.8. The zero-order valence-corrected chi connectivity index (χ0v) is 20.9. The molecule has 4 aromatic rings. The summed E-state index contributed by atoms with van der Waals surface area (Å²) in [6, 6.07) is 19.6. The third kappa shape index (κ3) is 5.35. The first-order valence-corrected chi connectivity index (χ1v) is 12.5. The molecule has 0 bridgehead atoms. The summed E-state index contributed by atoms with van der Waals surface area (Å²) >= 11 is 0. The average molecular weight is 522 g/mol. The normalized spacial score (nSPS) is 23.4. The summed E-state index contributed by atoms with van der Waals surface area (Å²) in [7, 11) is 1.63. The maximum atomic E-state index is 10.6. The Balaban J connectivity index is 1.49. The van der Waals surface area contributed by atoms with E-state index < -0.39 is 37.3 Å². The minimum atomic E-state index is -1.56. The Bertz CT molecular complexity index is 1340. The summed E-state index contributed by atoms with van der Waals surface area (Å²) in [4.78, 5) is 4.58. The predicted octanol–water partition coefficient (Wildman–Crippen LogP) is 1.45. The summed E-state index contributed by atoms with van der Waals surface area (Å²) in [5.41, 5.74) is 3.68.